The molecule has 1 saturated heterocycles. The number of hydrogen-bond donors (Lipinski definition) is 1. The van der Waals surface area contributed by atoms with Crippen molar-refractivity contribution in [3.8, 4) is 0 Å². The van der Waals surface area contributed by atoms with Gasteiger partial charge in [0.25, 0.3) is 0 Å². The quantitative estimate of drug-likeness (QED) is 0.312. The first-order valence-corrected chi connectivity index (χ1v) is 8.59. The molecule has 1 fully saturated rings. The van der Waals surface area contributed by atoms with Gasteiger partial charge >= 0.3 is 111 Å². The molecule has 3 unspecified atom stereocenters. The fourth-order valence-corrected chi connectivity index (χ4v) is 2.53. The molecule has 7 nitrogen and oxygen atoms in total. The third kappa shape index (κ3) is 8.82. The molecule has 119 valence electrons. The molecule has 1 heterocycles. The second-order valence-electron chi connectivity index (χ2n) is 4.46. The molecule has 9 heteroatoms. The number of carbonyl (C=O) groups excluding carboxylic acids is 1. The average Bonchev–Trinajstić information content (AvgIpc) is 2.86. The number of unbranched alkanes of at least 4 members (excludes halogenated alkanes) is 1. The summed E-state index contributed by atoms with van der Waals surface area (Å²) < 4.78 is 27.0. The Labute approximate surface area is 138 Å². The standard InChI is InChI=1S/C12H22N2O5Si.V/c1-16-20-7-3-2-5-14-12(15)9-18-10-4-6-17-11(10)8-19-13;/h10-11H,2-9H2,1H3,(H,14,15);/i6T;. The molecule has 1 amide bonds. The number of ether oxygens (including phenoxy) is 2. The van der Waals surface area contributed by atoms with Crippen LogP contribution in [-0.2, 0) is 40.8 Å². The summed E-state index contributed by atoms with van der Waals surface area (Å²) in [6, 6.07) is 1.02. The Balaban J connectivity index is 2.12. The normalized spacial score (nSPS) is 25.5. The maximum absolute atomic E-state index is 11.7. The number of nitrogens with zero attached hydrogens (tertiary/aromatic N) is 1. The minimum absolute atomic E-state index is 0.0314. The van der Waals surface area contributed by atoms with E-state index in [9.17, 15) is 4.79 Å². The van der Waals surface area contributed by atoms with Gasteiger partial charge in [0, 0.05) is 7.11 Å². The van der Waals surface area contributed by atoms with Crippen molar-refractivity contribution in [1.82, 2.24) is 5.32 Å². The number of amides is 1. The van der Waals surface area contributed by atoms with Crippen molar-refractivity contribution in [2.75, 3.05) is 33.5 Å². The van der Waals surface area contributed by atoms with E-state index in [-0.39, 0.29) is 31.3 Å². The zero-order chi connectivity index (χ0) is 16.2. The molecule has 3 atom stereocenters. The van der Waals surface area contributed by atoms with Gasteiger partial charge in [0.2, 0.25) is 9.76 Å². The van der Waals surface area contributed by atoms with Crippen LogP contribution in [0.15, 0.2) is 3.95 Å². The summed E-state index contributed by atoms with van der Waals surface area (Å²) in [4.78, 5) is 16.6. The third-order valence-corrected chi connectivity index (χ3v) is 3.94. The summed E-state index contributed by atoms with van der Waals surface area (Å²) in [6.07, 6.45) is 1.71. The molecule has 0 bridgehead atoms. The Morgan fingerprint density at radius 2 is 2.48 bits per heavy atom. The van der Waals surface area contributed by atoms with Crippen LogP contribution in [0.5, 0.6) is 0 Å². The predicted molar refractivity (Wildman–Crippen MR) is 72.3 cm³/mol. The van der Waals surface area contributed by atoms with Gasteiger partial charge in [-0.1, -0.05) is 0 Å². The van der Waals surface area contributed by atoms with Gasteiger partial charge in [0.1, 0.15) is 0 Å². The Morgan fingerprint density at radius 1 is 1.62 bits per heavy atom. The summed E-state index contributed by atoms with van der Waals surface area (Å²) in [5.41, 5.74) is 0. The number of hydrogen-bond acceptors (Lipinski definition) is 6. The molecule has 0 saturated carbocycles. The van der Waals surface area contributed by atoms with E-state index < -0.39 is 6.58 Å². The molecule has 0 spiro atoms. The molecular weight excluding hydrogens is 331 g/mol. The molecule has 21 heavy (non-hydrogen) atoms. The van der Waals surface area contributed by atoms with E-state index in [0.717, 1.165) is 18.9 Å². The molecule has 0 aromatic carbocycles. The topological polar surface area (TPSA) is 78.4 Å². The first kappa shape index (κ1) is 17.3. The Morgan fingerprint density at radius 3 is 3.24 bits per heavy atom. The maximum atomic E-state index is 11.7. The van der Waals surface area contributed by atoms with Gasteiger partial charge in [-0.3, -0.25) is 0 Å². The van der Waals surface area contributed by atoms with Gasteiger partial charge in [0.05, 0.1) is 0 Å². The average molecular weight is 355 g/mol. The molecule has 1 rings (SSSR count). The van der Waals surface area contributed by atoms with E-state index >= 15 is 0 Å². The van der Waals surface area contributed by atoms with Crippen molar-refractivity contribution in [1.29, 1.82) is 0 Å². The zero-order valence-corrected chi connectivity index (χ0v) is 14.5. The van der Waals surface area contributed by atoms with Crippen LogP contribution < -0.4 is 5.32 Å². The van der Waals surface area contributed by atoms with Gasteiger partial charge in [-0.2, -0.15) is 0 Å². The Kier molecular flexibility index (Phi) is 10.2. The fourth-order valence-electron chi connectivity index (χ4n) is 1.83. The molecule has 0 aromatic heterocycles. The van der Waals surface area contributed by atoms with Crippen molar-refractivity contribution in [2.24, 2.45) is 3.95 Å². The van der Waals surface area contributed by atoms with Crippen LogP contribution >= 0.6 is 0 Å². The van der Waals surface area contributed by atoms with Gasteiger partial charge in [0.15, 0.2) is 0 Å². The van der Waals surface area contributed by atoms with Crippen LogP contribution in [0.1, 0.15) is 20.6 Å². The van der Waals surface area contributed by atoms with Gasteiger partial charge in [-0.05, 0) is 6.04 Å². The van der Waals surface area contributed by atoms with Crippen molar-refractivity contribution >= 4 is 15.7 Å². The number of rotatable bonds is 12. The van der Waals surface area contributed by atoms with E-state index in [1.165, 1.54) is 0 Å². The van der Waals surface area contributed by atoms with Crippen LogP contribution in [0.2, 0.25) is 6.04 Å². The van der Waals surface area contributed by atoms with Crippen LogP contribution in [0, 0.1) is 0 Å². The van der Waals surface area contributed by atoms with E-state index in [1.807, 2.05) is 17.2 Å². The predicted octanol–water partition coefficient (Wildman–Crippen LogP) is 0.403. The summed E-state index contributed by atoms with van der Waals surface area (Å²) in [5, 5.41) is 2.81. The first-order chi connectivity index (χ1) is 10.7. The van der Waals surface area contributed by atoms with Crippen LogP contribution in [0.3, 0.4) is 0 Å². The first-order valence-electron chi connectivity index (χ1n) is 7.43. The van der Waals surface area contributed by atoms with Gasteiger partial charge in [-0.25, -0.2) is 0 Å². The van der Waals surface area contributed by atoms with E-state index in [0.29, 0.717) is 22.7 Å². The van der Waals surface area contributed by atoms with E-state index in [1.54, 1.807) is 7.11 Å². The zero-order valence-electron chi connectivity index (χ0n) is 13.1. The van der Waals surface area contributed by atoms with Crippen LogP contribution in [-0.4, -0.2) is 61.3 Å². The molecular formula is C12H22N2O5SiV. The molecule has 1 aliphatic heterocycles. The summed E-state index contributed by atoms with van der Waals surface area (Å²) in [6.45, 7) is 0.180. The van der Waals surface area contributed by atoms with Crippen LogP contribution in [0.4, 0.5) is 0 Å². The van der Waals surface area contributed by atoms with Crippen molar-refractivity contribution in [3.63, 3.8) is 0 Å². The van der Waals surface area contributed by atoms with Crippen molar-refractivity contribution in [3.05, 3.63) is 0 Å². The Bertz CT molecular complexity index is 343. The Hall–Kier alpha value is -0.0887. The second kappa shape index (κ2) is 12.5. The van der Waals surface area contributed by atoms with Crippen LogP contribution in [0.25, 0.3) is 0 Å². The minimum atomic E-state index is -0.644. The molecule has 1 N–H and O–H groups in total. The fraction of sp³-hybridized carbons (Fsp3) is 0.917. The molecule has 0 aliphatic carbocycles. The number of nitrogens with one attached hydrogen (secondary N) is 1. The second-order valence-corrected chi connectivity index (χ2v) is 5.91. The van der Waals surface area contributed by atoms with Crippen molar-refractivity contribution in [2.45, 2.75) is 37.5 Å². The van der Waals surface area contributed by atoms with E-state index in [2.05, 4.69) is 9.27 Å². The van der Waals surface area contributed by atoms with E-state index in [4.69, 9.17) is 20.1 Å². The van der Waals surface area contributed by atoms with Gasteiger partial charge < -0.3 is 4.43 Å². The molecule has 0 aromatic rings. The summed E-state index contributed by atoms with van der Waals surface area (Å²) in [7, 11) is 2.22. The van der Waals surface area contributed by atoms with Gasteiger partial charge in [-0.15, -0.1) is 0 Å². The summed E-state index contributed by atoms with van der Waals surface area (Å²) in [5.74, 6) is -0.154. The third-order valence-electron chi connectivity index (χ3n) is 2.91. The monoisotopic (exact) mass is 355 g/mol. The molecule has 2 radical (unpaired) electrons. The summed E-state index contributed by atoms with van der Waals surface area (Å²) >= 11 is 1.95. The molecule has 1 aliphatic rings. The SMILES string of the molecule is [3H]C1CC(OCC(=O)NCCCC[Si]OC)C(CO[N]=[V])O1. The number of carbonyl (C=O) groups is 1. The van der Waals surface area contributed by atoms with Crippen molar-refractivity contribution < 1.29 is 42.1 Å².